The van der Waals surface area contributed by atoms with Gasteiger partial charge in [0.25, 0.3) is 5.91 Å². The SMILES string of the molecule is CC(C)C[C@@H](NC(=O)C1=COCCO1)C(=O)O. The molecule has 0 aromatic rings. The Hall–Kier alpha value is -1.72. The van der Waals surface area contributed by atoms with Gasteiger partial charge < -0.3 is 19.9 Å². The van der Waals surface area contributed by atoms with Crippen molar-refractivity contribution in [3.8, 4) is 0 Å². The summed E-state index contributed by atoms with van der Waals surface area (Å²) in [6.45, 7) is 4.47. The predicted octanol–water partition coefficient (Wildman–Crippen LogP) is 0.490. The van der Waals surface area contributed by atoms with Crippen molar-refractivity contribution >= 4 is 11.9 Å². The third-order valence-corrected chi connectivity index (χ3v) is 2.18. The summed E-state index contributed by atoms with van der Waals surface area (Å²) < 4.78 is 9.99. The van der Waals surface area contributed by atoms with Crippen LogP contribution in [0.25, 0.3) is 0 Å². The molecule has 0 spiro atoms. The third-order valence-electron chi connectivity index (χ3n) is 2.18. The van der Waals surface area contributed by atoms with Crippen LogP contribution >= 0.6 is 0 Å². The smallest absolute Gasteiger partial charge is 0.326 e. The molecule has 0 radical (unpaired) electrons. The maximum Gasteiger partial charge on any atom is 0.326 e. The number of carboxylic acids is 1. The molecule has 1 aliphatic rings. The van der Waals surface area contributed by atoms with E-state index in [0.29, 0.717) is 19.6 Å². The molecule has 1 aliphatic heterocycles. The quantitative estimate of drug-likeness (QED) is 0.734. The molecule has 0 bridgehead atoms. The molecule has 0 fully saturated rings. The Kier molecular flexibility index (Phi) is 4.81. The van der Waals surface area contributed by atoms with Gasteiger partial charge in [0.05, 0.1) is 0 Å². The van der Waals surface area contributed by atoms with Crippen LogP contribution in [0.1, 0.15) is 20.3 Å². The van der Waals surface area contributed by atoms with E-state index in [4.69, 9.17) is 14.6 Å². The molecular weight excluding hydrogens is 226 g/mol. The fourth-order valence-corrected chi connectivity index (χ4v) is 1.41. The topological polar surface area (TPSA) is 84.9 Å². The van der Waals surface area contributed by atoms with Gasteiger partial charge in [0.2, 0.25) is 5.76 Å². The fraction of sp³-hybridized carbons (Fsp3) is 0.636. The second-order valence-electron chi connectivity index (χ2n) is 4.20. The molecule has 0 unspecified atom stereocenters. The van der Waals surface area contributed by atoms with E-state index in [9.17, 15) is 9.59 Å². The van der Waals surface area contributed by atoms with Crippen molar-refractivity contribution in [3.63, 3.8) is 0 Å². The molecule has 6 nitrogen and oxygen atoms in total. The number of ether oxygens (including phenoxy) is 2. The highest BCUT2D eigenvalue weighted by Crippen LogP contribution is 2.08. The van der Waals surface area contributed by atoms with Gasteiger partial charge in [-0.3, -0.25) is 4.79 Å². The second kappa shape index (κ2) is 6.12. The lowest BCUT2D eigenvalue weighted by molar-refractivity contribution is -0.142. The number of hydrogen-bond acceptors (Lipinski definition) is 4. The molecule has 2 N–H and O–H groups in total. The first-order valence-electron chi connectivity index (χ1n) is 5.49. The van der Waals surface area contributed by atoms with Crippen molar-refractivity contribution in [1.29, 1.82) is 0 Å². The molecule has 0 aromatic heterocycles. The average Bonchev–Trinajstić information content (AvgIpc) is 2.28. The van der Waals surface area contributed by atoms with E-state index in [2.05, 4.69) is 5.32 Å². The van der Waals surface area contributed by atoms with E-state index in [1.165, 1.54) is 6.26 Å². The molecular formula is C11H17NO5. The van der Waals surface area contributed by atoms with Crippen LogP contribution in [0.4, 0.5) is 0 Å². The van der Waals surface area contributed by atoms with Crippen LogP contribution in [0.15, 0.2) is 12.0 Å². The molecule has 1 heterocycles. The van der Waals surface area contributed by atoms with Gasteiger partial charge in [-0.2, -0.15) is 0 Å². The lowest BCUT2D eigenvalue weighted by atomic mass is 10.0. The van der Waals surface area contributed by atoms with Gasteiger partial charge in [0, 0.05) is 0 Å². The summed E-state index contributed by atoms with van der Waals surface area (Å²) >= 11 is 0. The Morgan fingerprint density at radius 2 is 2.18 bits per heavy atom. The first-order chi connectivity index (χ1) is 8.00. The highest BCUT2D eigenvalue weighted by Gasteiger charge is 2.24. The number of rotatable bonds is 5. The van der Waals surface area contributed by atoms with Gasteiger partial charge >= 0.3 is 5.97 Å². The first kappa shape index (κ1) is 13.3. The van der Waals surface area contributed by atoms with E-state index in [1.54, 1.807) is 0 Å². The molecule has 17 heavy (non-hydrogen) atoms. The van der Waals surface area contributed by atoms with Crippen molar-refractivity contribution in [1.82, 2.24) is 5.32 Å². The van der Waals surface area contributed by atoms with Gasteiger partial charge in [-0.25, -0.2) is 4.79 Å². The molecule has 1 rings (SSSR count). The standard InChI is InChI=1S/C11H17NO5/c1-7(2)5-8(11(14)15)12-10(13)9-6-16-3-4-17-9/h6-8H,3-5H2,1-2H3,(H,12,13)(H,14,15)/t8-/m1/s1. The third kappa shape index (κ3) is 4.34. The number of amides is 1. The van der Waals surface area contributed by atoms with Crippen LogP contribution in [0.5, 0.6) is 0 Å². The second-order valence-corrected chi connectivity index (χ2v) is 4.20. The molecule has 0 aromatic carbocycles. The van der Waals surface area contributed by atoms with Crippen LogP contribution in [0.2, 0.25) is 0 Å². The number of carboxylic acid groups (broad SMARTS) is 1. The lowest BCUT2D eigenvalue weighted by Gasteiger charge is -2.19. The van der Waals surface area contributed by atoms with E-state index in [-0.39, 0.29) is 11.7 Å². The first-order valence-corrected chi connectivity index (χ1v) is 5.49. The summed E-state index contributed by atoms with van der Waals surface area (Å²) in [5, 5.41) is 11.4. The monoisotopic (exact) mass is 243 g/mol. The Morgan fingerprint density at radius 3 is 2.65 bits per heavy atom. The Balaban J connectivity index is 2.57. The zero-order valence-electron chi connectivity index (χ0n) is 9.93. The summed E-state index contributed by atoms with van der Waals surface area (Å²) in [4.78, 5) is 22.6. The van der Waals surface area contributed by atoms with Gasteiger partial charge in [0.15, 0.2) is 0 Å². The summed E-state index contributed by atoms with van der Waals surface area (Å²) in [7, 11) is 0. The van der Waals surface area contributed by atoms with Crippen LogP contribution in [0, 0.1) is 5.92 Å². The minimum absolute atomic E-state index is 0.0197. The van der Waals surface area contributed by atoms with Crippen molar-refractivity contribution in [2.24, 2.45) is 5.92 Å². The number of hydrogen-bond donors (Lipinski definition) is 2. The van der Waals surface area contributed by atoms with Crippen LogP contribution in [-0.2, 0) is 19.1 Å². The molecule has 1 atom stereocenters. The highest BCUT2D eigenvalue weighted by molar-refractivity contribution is 5.94. The van der Waals surface area contributed by atoms with Crippen molar-refractivity contribution in [3.05, 3.63) is 12.0 Å². The normalized spacial score (nSPS) is 16.5. The molecule has 0 saturated carbocycles. The number of nitrogens with one attached hydrogen (secondary N) is 1. The molecule has 96 valence electrons. The predicted molar refractivity (Wildman–Crippen MR) is 59.0 cm³/mol. The van der Waals surface area contributed by atoms with E-state index >= 15 is 0 Å². The van der Waals surface area contributed by atoms with E-state index in [1.807, 2.05) is 13.8 Å². The average molecular weight is 243 g/mol. The summed E-state index contributed by atoms with van der Waals surface area (Å²) in [6, 6.07) is -0.908. The maximum atomic E-state index is 11.6. The molecule has 1 amide bonds. The number of carbonyl (C=O) groups excluding carboxylic acids is 1. The van der Waals surface area contributed by atoms with Crippen LogP contribution in [-0.4, -0.2) is 36.2 Å². The van der Waals surface area contributed by atoms with Crippen LogP contribution in [0.3, 0.4) is 0 Å². The number of aliphatic carboxylic acids is 1. The van der Waals surface area contributed by atoms with Crippen molar-refractivity contribution in [2.45, 2.75) is 26.3 Å². The number of carbonyl (C=O) groups is 2. The Labute approximate surface area is 99.6 Å². The van der Waals surface area contributed by atoms with Gasteiger partial charge in [-0.1, -0.05) is 13.8 Å². The lowest BCUT2D eigenvalue weighted by Crippen LogP contribution is -2.43. The fourth-order valence-electron chi connectivity index (χ4n) is 1.41. The van der Waals surface area contributed by atoms with Crippen LogP contribution < -0.4 is 5.32 Å². The zero-order chi connectivity index (χ0) is 12.8. The zero-order valence-corrected chi connectivity index (χ0v) is 9.93. The maximum absolute atomic E-state index is 11.6. The molecule has 0 saturated heterocycles. The highest BCUT2D eigenvalue weighted by atomic mass is 16.6. The van der Waals surface area contributed by atoms with Gasteiger partial charge in [-0.05, 0) is 12.3 Å². The minimum atomic E-state index is -1.05. The largest absolute Gasteiger partial charge is 0.494 e. The molecule has 6 heteroatoms. The summed E-state index contributed by atoms with van der Waals surface area (Å²) in [5.41, 5.74) is 0. The summed E-state index contributed by atoms with van der Waals surface area (Å²) in [6.07, 6.45) is 1.57. The Bertz CT molecular complexity index is 324. The van der Waals surface area contributed by atoms with Gasteiger partial charge in [-0.15, -0.1) is 0 Å². The van der Waals surface area contributed by atoms with Gasteiger partial charge in [0.1, 0.15) is 25.5 Å². The van der Waals surface area contributed by atoms with E-state index < -0.39 is 17.9 Å². The minimum Gasteiger partial charge on any atom is -0.494 e. The molecule has 0 aliphatic carbocycles. The summed E-state index contributed by atoms with van der Waals surface area (Å²) in [5.74, 6) is -1.41. The van der Waals surface area contributed by atoms with Crippen molar-refractivity contribution < 1.29 is 24.2 Å². The van der Waals surface area contributed by atoms with E-state index in [0.717, 1.165) is 0 Å². The Morgan fingerprint density at radius 1 is 1.47 bits per heavy atom. The van der Waals surface area contributed by atoms with Crippen molar-refractivity contribution in [2.75, 3.05) is 13.2 Å².